The zero-order valence-corrected chi connectivity index (χ0v) is 10.3. The molecule has 1 amide bonds. The zero-order valence-electron chi connectivity index (χ0n) is 10.3. The van der Waals surface area contributed by atoms with Gasteiger partial charge in [0.15, 0.2) is 0 Å². The van der Waals surface area contributed by atoms with E-state index < -0.39 is 0 Å². The lowest BCUT2D eigenvalue weighted by Gasteiger charge is -2.02. The summed E-state index contributed by atoms with van der Waals surface area (Å²) in [6.45, 7) is 3.70. The molecular formula is C12H15N3O3. The minimum absolute atomic E-state index is 0.0600. The Bertz CT molecular complexity index is 443. The highest BCUT2D eigenvalue weighted by molar-refractivity contribution is 5.99. The van der Waals surface area contributed by atoms with Crippen LogP contribution in [0.3, 0.4) is 0 Å². The maximum absolute atomic E-state index is 11.6. The van der Waals surface area contributed by atoms with Gasteiger partial charge in [-0.25, -0.2) is 5.43 Å². The first-order chi connectivity index (χ1) is 8.63. The number of carbonyl (C=O) groups excluding carboxylic acids is 2. The molecule has 1 aromatic rings. The Morgan fingerprint density at radius 2 is 2.06 bits per heavy atom. The Hall–Kier alpha value is -2.24. The average Bonchev–Trinajstić information content (AvgIpc) is 2.37. The van der Waals surface area contributed by atoms with E-state index in [9.17, 15) is 9.59 Å². The molecule has 0 atom stereocenters. The van der Waals surface area contributed by atoms with Gasteiger partial charge in [-0.05, 0) is 26.0 Å². The number of pyridine rings is 1. The summed E-state index contributed by atoms with van der Waals surface area (Å²) in [5, 5.41) is 3.82. The van der Waals surface area contributed by atoms with Crippen LogP contribution in [0.15, 0.2) is 29.6 Å². The van der Waals surface area contributed by atoms with Crippen LogP contribution >= 0.6 is 0 Å². The molecule has 0 saturated heterocycles. The largest absolute Gasteiger partial charge is 0.466 e. The van der Waals surface area contributed by atoms with Crippen LogP contribution in [0.5, 0.6) is 0 Å². The van der Waals surface area contributed by atoms with Gasteiger partial charge in [0, 0.05) is 23.7 Å². The van der Waals surface area contributed by atoms with Gasteiger partial charge in [-0.1, -0.05) is 0 Å². The van der Waals surface area contributed by atoms with E-state index >= 15 is 0 Å². The molecule has 1 heterocycles. The first-order valence-electron chi connectivity index (χ1n) is 5.52. The van der Waals surface area contributed by atoms with Crippen LogP contribution < -0.4 is 5.43 Å². The van der Waals surface area contributed by atoms with Crippen molar-refractivity contribution in [3.63, 3.8) is 0 Å². The SMILES string of the molecule is CCOC(=O)C/C(C)=N\NC(=O)c1ccncc1. The molecule has 6 nitrogen and oxygen atoms in total. The second-order valence-electron chi connectivity index (χ2n) is 3.51. The fourth-order valence-electron chi connectivity index (χ4n) is 1.17. The van der Waals surface area contributed by atoms with Gasteiger partial charge in [-0.15, -0.1) is 0 Å². The smallest absolute Gasteiger partial charge is 0.311 e. The normalized spacial score (nSPS) is 10.9. The number of amides is 1. The number of nitrogens with one attached hydrogen (secondary N) is 1. The molecule has 0 saturated carbocycles. The monoisotopic (exact) mass is 249 g/mol. The summed E-state index contributed by atoms with van der Waals surface area (Å²) >= 11 is 0. The van der Waals surface area contributed by atoms with Crippen molar-refractivity contribution >= 4 is 17.6 Å². The molecule has 0 aromatic carbocycles. The molecule has 6 heteroatoms. The predicted octanol–water partition coefficient (Wildman–Crippen LogP) is 1.14. The number of nitrogens with zero attached hydrogens (tertiary/aromatic N) is 2. The standard InChI is InChI=1S/C12H15N3O3/c1-3-18-11(16)8-9(2)14-15-12(17)10-4-6-13-7-5-10/h4-7H,3,8H2,1-2H3,(H,15,17)/b14-9-. The second-order valence-corrected chi connectivity index (χ2v) is 3.51. The second kappa shape index (κ2) is 7.16. The van der Waals surface area contributed by atoms with Crippen LogP contribution in [0.4, 0.5) is 0 Å². The van der Waals surface area contributed by atoms with E-state index in [4.69, 9.17) is 4.74 Å². The number of esters is 1. The summed E-state index contributed by atoms with van der Waals surface area (Å²) in [5.74, 6) is -0.711. The summed E-state index contributed by atoms with van der Waals surface area (Å²) in [7, 11) is 0. The van der Waals surface area contributed by atoms with Crippen LogP contribution in [0.1, 0.15) is 30.6 Å². The van der Waals surface area contributed by atoms with Crippen molar-refractivity contribution in [1.82, 2.24) is 10.4 Å². The number of carbonyl (C=O) groups is 2. The summed E-state index contributed by atoms with van der Waals surface area (Å²) in [6, 6.07) is 3.15. The molecule has 96 valence electrons. The Kier molecular flexibility index (Phi) is 5.50. The van der Waals surface area contributed by atoms with Crippen molar-refractivity contribution in [3.8, 4) is 0 Å². The van der Waals surface area contributed by atoms with Crippen molar-refractivity contribution in [2.75, 3.05) is 6.61 Å². The Morgan fingerprint density at radius 1 is 1.39 bits per heavy atom. The van der Waals surface area contributed by atoms with Gasteiger partial charge in [0.05, 0.1) is 13.0 Å². The summed E-state index contributed by atoms with van der Waals surface area (Å²) in [6.07, 6.45) is 3.10. The highest BCUT2D eigenvalue weighted by Crippen LogP contribution is 1.96. The summed E-state index contributed by atoms with van der Waals surface area (Å²) in [5.41, 5.74) is 3.30. The van der Waals surface area contributed by atoms with Gasteiger partial charge in [-0.2, -0.15) is 5.10 Å². The lowest BCUT2D eigenvalue weighted by Crippen LogP contribution is -2.20. The van der Waals surface area contributed by atoms with Crippen LogP contribution in [0.25, 0.3) is 0 Å². The van der Waals surface area contributed by atoms with Crippen molar-refractivity contribution in [1.29, 1.82) is 0 Å². The maximum Gasteiger partial charge on any atom is 0.311 e. The third-order valence-corrected chi connectivity index (χ3v) is 2.00. The van der Waals surface area contributed by atoms with Gasteiger partial charge in [0.25, 0.3) is 5.91 Å². The summed E-state index contributed by atoms with van der Waals surface area (Å²) < 4.78 is 4.76. The lowest BCUT2D eigenvalue weighted by atomic mass is 10.2. The fraction of sp³-hybridized carbons (Fsp3) is 0.333. The molecular weight excluding hydrogens is 234 g/mol. The Labute approximate surface area is 105 Å². The van der Waals surface area contributed by atoms with E-state index in [-0.39, 0.29) is 18.3 Å². The molecule has 0 spiro atoms. The molecule has 0 aliphatic carbocycles. The van der Waals surface area contributed by atoms with Crippen molar-refractivity contribution < 1.29 is 14.3 Å². The van der Waals surface area contributed by atoms with Gasteiger partial charge >= 0.3 is 5.97 Å². The highest BCUT2D eigenvalue weighted by atomic mass is 16.5. The third kappa shape index (κ3) is 4.73. The Morgan fingerprint density at radius 3 is 2.67 bits per heavy atom. The number of ether oxygens (including phenoxy) is 1. The van der Waals surface area contributed by atoms with E-state index in [0.29, 0.717) is 17.9 Å². The van der Waals surface area contributed by atoms with Gasteiger partial charge in [0.2, 0.25) is 0 Å². The minimum atomic E-state index is -0.364. The molecule has 0 fully saturated rings. The average molecular weight is 249 g/mol. The zero-order chi connectivity index (χ0) is 13.4. The van der Waals surface area contributed by atoms with Crippen molar-refractivity contribution in [3.05, 3.63) is 30.1 Å². The van der Waals surface area contributed by atoms with E-state index in [2.05, 4.69) is 15.5 Å². The van der Waals surface area contributed by atoms with Crippen LogP contribution in [-0.4, -0.2) is 29.2 Å². The quantitative estimate of drug-likeness (QED) is 0.482. The molecule has 18 heavy (non-hydrogen) atoms. The number of aromatic nitrogens is 1. The van der Waals surface area contributed by atoms with Crippen LogP contribution in [-0.2, 0) is 9.53 Å². The molecule has 0 radical (unpaired) electrons. The van der Waals surface area contributed by atoms with Crippen molar-refractivity contribution in [2.45, 2.75) is 20.3 Å². The molecule has 1 N–H and O–H groups in total. The van der Waals surface area contributed by atoms with E-state index in [1.165, 1.54) is 12.4 Å². The lowest BCUT2D eigenvalue weighted by molar-refractivity contribution is -0.141. The molecule has 0 unspecified atom stereocenters. The van der Waals surface area contributed by atoms with Crippen LogP contribution in [0, 0.1) is 0 Å². The molecule has 0 aliphatic rings. The molecule has 0 aliphatic heterocycles. The maximum atomic E-state index is 11.6. The predicted molar refractivity (Wildman–Crippen MR) is 66.1 cm³/mol. The highest BCUT2D eigenvalue weighted by Gasteiger charge is 2.06. The number of rotatable bonds is 5. The first kappa shape index (κ1) is 13.8. The molecule has 0 bridgehead atoms. The minimum Gasteiger partial charge on any atom is -0.466 e. The Balaban J connectivity index is 2.48. The molecule has 1 aromatic heterocycles. The van der Waals surface area contributed by atoms with Gasteiger partial charge in [-0.3, -0.25) is 14.6 Å². The number of hydrogen-bond acceptors (Lipinski definition) is 5. The number of hydrazone groups is 1. The van der Waals surface area contributed by atoms with Crippen LogP contribution in [0.2, 0.25) is 0 Å². The van der Waals surface area contributed by atoms with E-state index in [1.54, 1.807) is 26.0 Å². The molecule has 1 rings (SSSR count). The number of hydrogen-bond donors (Lipinski definition) is 1. The van der Waals surface area contributed by atoms with E-state index in [1.807, 2.05) is 0 Å². The summed E-state index contributed by atoms with van der Waals surface area (Å²) in [4.78, 5) is 26.5. The topological polar surface area (TPSA) is 80.6 Å². The van der Waals surface area contributed by atoms with E-state index in [0.717, 1.165) is 0 Å². The van der Waals surface area contributed by atoms with Gasteiger partial charge in [0.1, 0.15) is 0 Å². The fourth-order valence-corrected chi connectivity index (χ4v) is 1.17. The van der Waals surface area contributed by atoms with Gasteiger partial charge < -0.3 is 4.74 Å². The van der Waals surface area contributed by atoms with Crippen molar-refractivity contribution in [2.24, 2.45) is 5.10 Å². The first-order valence-corrected chi connectivity index (χ1v) is 5.52. The third-order valence-electron chi connectivity index (χ3n) is 2.00.